The molecule has 0 fully saturated rings. The Labute approximate surface area is 105 Å². The summed E-state index contributed by atoms with van der Waals surface area (Å²) in [5.41, 5.74) is -0.490. The normalized spacial score (nSPS) is 12.4. The molecule has 0 spiro atoms. The number of ether oxygens (including phenoxy) is 2. The van der Waals surface area contributed by atoms with Gasteiger partial charge >= 0.3 is 0 Å². The van der Waals surface area contributed by atoms with Crippen LogP contribution in [0.3, 0.4) is 0 Å². The van der Waals surface area contributed by atoms with Gasteiger partial charge in [0, 0.05) is 13.2 Å². The van der Waals surface area contributed by atoms with Gasteiger partial charge in [-0.25, -0.2) is 0 Å². The Kier molecular flexibility index (Phi) is 6.57. The monoisotopic (exact) mass is 245 g/mol. The molecule has 0 aliphatic heterocycles. The predicted octanol–water partition coefficient (Wildman–Crippen LogP) is 2.04. The summed E-state index contributed by atoms with van der Waals surface area (Å²) in [5.74, 6) is 0.549. The lowest BCUT2D eigenvalue weighted by molar-refractivity contribution is 0.0192. The molecule has 0 aliphatic carbocycles. The molecule has 0 saturated carbocycles. The Morgan fingerprint density at radius 1 is 1.24 bits per heavy atom. The van der Waals surface area contributed by atoms with Crippen LogP contribution in [0.25, 0.3) is 0 Å². The fourth-order valence-electron chi connectivity index (χ4n) is 1.30. The SMILES string of the molecule is C=C(NC(C)(C)COCCCO)OC(C)(C)C. The van der Waals surface area contributed by atoms with Gasteiger partial charge in [-0.05, 0) is 47.6 Å². The molecule has 2 N–H and O–H groups in total. The highest BCUT2D eigenvalue weighted by Gasteiger charge is 2.21. The van der Waals surface area contributed by atoms with Crippen LogP contribution in [0.1, 0.15) is 41.0 Å². The molecule has 17 heavy (non-hydrogen) atoms. The molecule has 4 heteroatoms. The number of aliphatic hydroxyl groups excluding tert-OH is 1. The Morgan fingerprint density at radius 2 is 1.82 bits per heavy atom. The molecule has 102 valence electrons. The Bertz CT molecular complexity index is 231. The highest BCUT2D eigenvalue weighted by Crippen LogP contribution is 2.13. The van der Waals surface area contributed by atoms with E-state index in [4.69, 9.17) is 14.6 Å². The first-order valence-corrected chi connectivity index (χ1v) is 6.01. The van der Waals surface area contributed by atoms with Crippen molar-refractivity contribution in [1.29, 1.82) is 0 Å². The van der Waals surface area contributed by atoms with Crippen LogP contribution in [0.5, 0.6) is 0 Å². The van der Waals surface area contributed by atoms with Gasteiger partial charge in [-0.3, -0.25) is 0 Å². The first-order valence-electron chi connectivity index (χ1n) is 6.01. The van der Waals surface area contributed by atoms with E-state index in [1.807, 2.05) is 34.6 Å². The van der Waals surface area contributed by atoms with E-state index in [0.717, 1.165) is 0 Å². The van der Waals surface area contributed by atoms with E-state index in [2.05, 4.69) is 11.9 Å². The molecule has 0 bridgehead atoms. The lowest BCUT2D eigenvalue weighted by Gasteiger charge is -2.31. The number of hydrogen-bond donors (Lipinski definition) is 2. The Balaban J connectivity index is 3.94. The summed E-state index contributed by atoms with van der Waals surface area (Å²) >= 11 is 0. The molecule has 0 atom stereocenters. The molecule has 0 rings (SSSR count). The molecule has 0 aromatic heterocycles. The maximum atomic E-state index is 8.64. The lowest BCUT2D eigenvalue weighted by atomic mass is 10.1. The summed E-state index contributed by atoms with van der Waals surface area (Å²) in [4.78, 5) is 0. The summed E-state index contributed by atoms with van der Waals surface area (Å²) < 4.78 is 11.1. The van der Waals surface area contributed by atoms with Crippen molar-refractivity contribution in [2.24, 2.45) is 0 Å². The van der Waals surface area contributed by atoms with Gasteiger partial charge in [0.05, 0.1) is 12.1 Å². The van der Waals surface area contributed by atoms with Crippen LogP contribution in [-0.4, -0.2) is 36.1 Å². The van der Waals surface area contributed by atoms with Crippen molar-refractivity contribution < 1.29 is 14.6 Å². The first kappa shape index (κ1) is 16.3. The van der Waals surface area contributed by atoms with Crippen LogP contribution in [0.4, 0.5) is 0 Å². The molecule has 0 aromatic carbocycles. The average Bonchev–Trinajstić information content (AvgIpc) is 2.08. The van der Waals surface area contributed by atoms with Crippen LogP contribution in [0.15, 0.2) is 12.5 Å². The number of hydrogen-bond acceptors (Lipinski definition) is 4. The fraction of sp³-hybridized carbons (Fsp3) is 0.846. The third kappa shape index (κ3) is 10.1. The van der Waals surface area contributed by atoms with Crippen LogP contribution in [-0.2, 0) is 9.47 Å². The topological polar surface area (TPSA) is 50.7 Å². The molecule has 0 unspecified atom stereocenters. The van der Waals surface area contributed by atoms with Gasteiger partial charge in [-0.1, -0.05) is 0 Å². The quantitative estimate of drug-likeness (QED) is 0.507. The van der Waals surface area contributed by atoms with E-state index in [-0.39, 0.29) is 17.7 Å². The van der Waals surface area contributed by atoms with Gasteiger partial charge in [0.25, 0.3) is 0 Å². The van der Waals surface area contributed by atoms with Crippen molar-refractivity contribution in [3.8, 4) is 0 Å². The lowest BCUT2D eigenvalue weighted by Crippen LogP contribution is -2.44. The third-order valence-electron chi connectivity index (χ3n) is 1.82. The number of nitrogens with one attached hydrogen (secondary N) is 1. The van der Waals surface area contributed by atoms with Crippen molar-refractivity contribution in [2.75, 3.05) is 19.8 Å². The molecule has 0 aliphatic rings. The van der Waals surface area contributed by atoms with E-state index in [9.17, 15) is 0 Å². The van der Waals surface area contributed by atoms with E-state index in [0.29, 0.717) is 25.5 Å². The van der Waals surface area contributed by atoms with E-state index >= 15 is 0 Å². The molecule has 0 aromatic rings. The van der Waals surface area contributed by atoms with Crippen molar-refractivity contribution in [2.45, 2.75) is 52.2 Å². The molecule has 0 saturated heterocycles. The minimum atomic E-state index is -0.252. The summed E-state index contributed by atoms with van der Waals surface area (Å²) in [6, 6.07) is 0. The van der Waals surface area contributed by atoms with Gasteiger partial charge < -0.3 is 19.9 Å². The van der Waals surface area contributed by atoms with Crippen molar-refractivity contribution in [1.82, 2.24) is 5.32 Å². The standard InChI is InChI=1S/C13H27NO3/c1-11(17-12(2,3)4)14-13(5,6)10-16-9-7-8-15/h14-15H,1,7-10H2,2-6H3. The van der Waals surface area contributed by atoms with Crippen LogP contribution < -0.4 is 5.32 Å². The Hall–Kier alpha value is -0.740. The smallest absolute Gasteiger partial charge is 0.180 e. The summed E-state index contributed by atoms with van der Waals surface area (Å²) in [6.45, 7) is 15.1. The van der Waals surface area contributed by atoms with Crippen LogP contribution >= 0.6 is 0 Å². The molecular formula is C13H27NO3. The number of rotatable bonds is 8. The summed E-state index contributed by atoms with van der Waals surface area (Å²) in [5, 5.41) is 11.8. The van der Waals surface area contributed by atoms with Gasteiger partial charge in [0.2, 0.25) is 0 Å². The largest absolute Gasteiger partial charge is 0.474 e. The van der Waals surface area contributed by atoms with Gasteiger partial charge in [0.1, 0.15) is 5.60 Å². The van der Waals surface area contributed by atoms with E-state index < -0.39 is 0 Å². The van der Waals surface area contributed by atoms with Crippen LogP contribution in [0, 0.1) is 0 Å². The van der Waals surface area contributed by atoms with Gasteiger partial charge in [0.15, 0.2) is 5.88 Å². The minimum absolute atomic E-state index is 0.160. The molecule has 0 heterocycles. The third-order valence-corrected chi connectivity index (χ3v) is 1.82. The second-order valence-corrected chi connectivity index (χ2v) is 5.78. The fourth-order valence-corrected chi connectivity index (χ4v) is 1.30. The molecule has 0 amide bonds. The molecule has 0 radical (unpaired) electrons. The minimum Gasteiger partial charge on any atom is -0.474 e. The molecule has 4 nitrogen and oxygen atoms in total. The van der Waals surface area contributed by atoms with Crippen molar-refractivity contribution >= 4 is 0 Å². The van der Waals surface area contributed by atoms with E-state index in [1.165, 1.54) is 0 Å². The van der Waals surface area contributed by atoms with Crippen molar-refractivity contribution in [3.63, 3.8) is 0 Å². The summed E-state index contributed by atoms with van der Waals surface area (Å²) in [7, 11) is 0. The summed E-state index contributed by atoms with van der Waals surface area (Å²) in [6.07, 6.45) is 0.662. The van der Waals surface area contributed by atoms with E-state index in [1.54, 1.807) is 0 Å². The second-order valence-electron chi connectivity index (χ2n) is 5.78. The van der Waals surface area contributed by atoms with Crippen molar-refractivity contribution in [3.05, 3.63) is 12.5 Å². The zero-order valence-electron chi connectivity index (χ0n) is 11.8. The van der Waals surface area contributed by atoms with Crippen LogP contribution in [0.2, 0.25) is 0 Å². The maximum absolute atomic E-state index is 8.64. The second kappa shape index (κ2) is 6.87. The zero-order chi connectivity index (χ0) is 13.5. The highest BCUT2D eigenvalue weighted by molar-refractivity contribution is 4.91. The number of aliphatic hydroxyl groups is 1. The molecular weight excluding hydrogens is 218 g/mol. The highest BCUT2D eigenvalue weighted by atomic mass is 16.5. The zero-order valence-corrected chi connectivity index (χ0v) is 11.8. The van der Waals surface area contributed by atoms with Gasteiger partial charge in [-0.15, -0.1) is 0 Å². The predicted molar refractivity (Wildman–Crippen MR) is 69.7 cm³/mol. The first-order chi connectivity index (χ1) is 7.66. The maximum Gasteiger partial charge on any atom is 0.180 e. The van der Waals surface area contributed by atoms with Gasteiger partial charge in [-0.2, -0.15) is 0 Å². The average molecular weight is 245 g/mol. The Morgan fingerprint density at radius 3 is 2.29 bits per heavy atom.